The minimum absolute atomic E-state index is 0.205. The quantitative estimate of drug-likeness (QED) is 0.587. The Morgan fingerprint density at radius 3 is 3.14 bits per heavy atom. The van der Waals surface area contributed by atoms with Crippen molar-refractivity contribution in [1.29, 1.82) is 0 Å². The third kappa shape index (κ3) is 1.45. The Hall–Kier alpha value is -1.96. The first kappa shape index (κ1) is 12.6. The summed E-state index contributed by atoms with van der Waals surface area (Å²) in [4.78, 5) is 21.7. The lowest BCUT2D eigenvalue weighted by atomic mass is 9.99. The molecular formula is C15H14N4O2S. The standard InChI is InChI=1S/C15H14N4O2S/c1-6-8-5-19(6)15(21)14-13(18-8)11-9(22-14)3-2-7-12(11)16-4-10(20)17-7/h2-4,6,8,15,18,21H,5H2,1H3,(H,17,20)/t6-,8?,15?/m1/s1. The number of nitrogens with one attached hydrogen (secondary N) is 2. The fraction of sp³-hybridized carbons (Fsp3) is 0.333. The molecule has 0 spiro atoms. The number of nitrogens with zero attached hydrogens (tertiary/aromatic N) is 2. The molecule has 0 saturated carbocycles. The van der Waals surface area contributed by atoms with Crippen molar-refractivity contribution >= 4 is 38.1 Å². The summed E-state index contributed by atoms with van der Waals surface area (Å²) in [5.41, 5.74) is 2.26. The summed E-state index contributed by atoms with van der Waals surface area (Å²) in [6.07, 6.45) is 0.733. The van der Waals surface area contributed by atoms with Crippen molar-refractivity contribution in [3.8, 4) is 0 Å². The van der Waals surface area contributed by atoms with Gasteiger partial charge in [0.15, 0.2) is 0 Å². The molecule has 1 saturated heterocycles. The van der Waals surface area contributed by atoms with E-state index < -0.39 is 6.23 Å². The van der Waals surface area contributed by atoms with Crippen LogP contribution in [-0.2, 0) is 0 Å². The second-order valence-corrected chi connectivity index (χ2v) is 7.07. The van der Waals surface area contributed by atoms with Crippen LogP contribution in [0.3, 0.4) is 0 Å². The van der Waals surface area contributed by atoms with Crippen LogP contribution in [0.1, 0.15) is 18.0 Å². The van der Waals surface area contributed by atoms with Gasteiger partial charge >= 0.3 is 0 Å². The van der Waals surface area contributed by atoms with E-state index in [1.165, 1.54) is 6.20 Å². The number of hydrogen-bond donors (Lipinski definition) is 3. The van der Waals surface area contributed by atoms with Crippen LogP contribution < -0.4 is 10.9 Å². The highest BCUT2D eigenvalue weighted by Gasteiger charge is 2.44. The summed E-state index contributed by atoms with van der Waals surface area (Å²) in [5.74, 6) is 0. The van der Waals surface area contributed by atoms with Crippen LogP contribution in [0.5, 0.6) is 0 Å². The van der Waals surface area contributed by atoms with Gasteiger partial charge < -0.3 is 15.4 Å². The fourth-order valence-electron chi connectivity index (χ4n) is 3.50. The van der Waals surface area contributed by atoms with E-state index in [1.54, 1.807) is 11.3 Å². The average Bonchev–Trinajstić information content (AvgIpc) is 2.77. The largest absolute Gasteiger partial charge is 0.378 e. The van der Waals surface area contributed by atoms with Gasteiger partial charge in [-0.2, -0.15) is 0 Å². The summed E-state index contributed by atoms with van der Waals surface area (Å²) < 4.78 is 1.07. The number of hydrogen-bond acceptors (Lipinski definition) is 6. The Kier molecular flexibility index (Phi) is 2.32. The molecule has 6 rings (SSSR count). The van der Waals surface area contributed by atoms with Gasteiger partial charge in [0.2, 0.25) is 0 Å². The van der Waals surface area contributed by atoms with E-state index in [2.05, 4.69) is 27.1 Å². The van der Waals surface area contributed by atoms with E-state index in [1.807, 2.05) is 12.1 Å². The van der Waals surface area contributed by atoms with Crippen molar-refractivity contribution in [1.82, 2.24) is 14.9 Å². The molecule has 0 radical (unpaired) electrons. The molecule has 1 fully saturated rings. The van der Waals surface area contributed by atoms with Crippen LogP contribution in [0.15, 0.2) is 23.1 Å². The molecule has 22 heavy (non-hydrogen) atoms. The van der Waals surface area contributed by atoms with E-state index >= 15 is 0 Å². The van der Waals surface area contributed by atoms with Gasteiger partial charge in [0.25, 0.3) is 5.56 Å². The summed E-state index contributed by atoms with van der Waals surface area (Å²) in [7, 11) is 0. The molecule has 0 amide bonds. The molecule has 6 nitrogen and oxygen atoms in total. The minimum Gasteiger partial charge on any atom is -0.378 e. The number of aliphatic hydroxyl groups is 1. The highest BCUT2D eigenvalue weighted by Crippen LogP contribution is 2.48. The summed E-state index contributed by atoms with van der Waals surface area (Å²) >= 11 is 1.59. The topological polar surface area (TPSA) is 81.2 Å². The molecule has 3 aliphatic rings. The van der Waals surface area contributed by atoms with E-state index in [0.29, 0.717) is 12.1 Å². The van der Waals surface area contributed by atoms with Gasteiger partial charge in [0, 0.05) is 22.7 Å². The van der Waals surface area contributed by atoms with Crippen molar-refractivity contribution in [3.63, 3.8) is 0 Å². The number of rotatable bonds is 0. The Bertz CT molecular complexity index is 979. The van der Waals surface area contributed by atoms with E-state index in [9.17, 15) is 9.90 Å². The molecule has 3 aromatic rings. The Morgan fingerprint density at radius 1 is 1.45 bits per heavy atom. The third-order valence-electron chi connectivity index (χ3n) is 4.82. The van der Waals surface area contributed by atoms with E-state index in [0.717, 1.165) is 38.2 Å². The SMILES string of the molecule is C[C@@H]1C2CN1C(O)c1sc3ccc4[nH]c(=O)cnc4c3c1N2. The van der Waals surface area contributed by atoms with Gasteiger partial charge in [-0.05, 0) is 19.1 Å². The highest BCUT2D eigenvalue weighted by atomic mass is 32.1. The van der Waals surface area contributed by atoms with E-state index in [4.69, 9.17) is 0 Å². The van der Waals surface area contributed by atoms with Crippen LogP contribution in [0, 0.1) is 0 Å². The van der Waals surface area contributed by atoms with Crippen LogP contribution in [0.25, 0.3) is 21.1 Å². The maximum Gasteiger partial charge on any atom is 0.266 e. The molecule has 2 bridgehead atoms. The average molecular weight is 314 g/mol. The Morgan fingerprint density at radius 2 is 2.32 bits per heavy atom. The molecule has 3 N–H and O–H groups in total. The third-order valence-corrected chi connectivity index (χ3v) is 6.01. The highest BCUT2D eigenvalue weighted by molar-refractivity contribution is 7.20. The first-order valence-electron chi connectivity index (χ1n) is 7.28. The van der Waals surface area contributed by atoms with Crippen LogP contribution in [0.4, 0.5) is 5.69 Å². The molecule has 4 atom stereocenters. The number of aromatic nitrogens is 2. The van der Waals surface area contributed by atoms with Crippen molar-refractivity contribution in [2.45, 2.75) is 25.2 Å². The normalized spacial score (nSPS) is 29.7. The van der Waals surface area contributed by atoms with Crippen LogP contribution >= 0.6 is 11.3 Å². The lowest BCUT2D eigenvalue weighted by Gasteiger charge is -2.46. The molecule has 7 heteroatoms. The van der Waals surface area contributed by atoms with Gasteiger partial charge in [-0.25, -0.2) is 4.98 Å². The minimum atomic E-state index is -0.577. The van der Waals surface area contributed by atoms with Gasteiger partial charge in [-0.3, -0.25) is 9.69 Å². The number of anilines is 1. The zero-order chi connectivity index (χ0) is 15.0. The zero-order valence-electron chi connectivity index (χ0n) is 11.8. The molecule has 3 unspecified atom stereocenters. The number of benzene rings is 1. The van der Waals surface area contributed by atoms with Gasteiger partial charge in [-0.15, -0.1) is 11.3 Å². The molecule has 3 aliphatic heterocycles. The number of H-pyrrole nitrogens is 1. The second kappa shape index (κ2) is 4.07. The maximum absolute atomic E-state index is 11.5. The number of thiophene rings is 1. The summed E-state index contributed by atoms with van der Waals surface area (Å²) in [5, 5.41) is 15.2. The number of fused-ring (bicyclic) bond motifs is 3. The fourth-order valence-corrected chi connectivity index (χ4v) is 4.68. The smallest absolute Gasteiger partial charge is 0.266 e. The van der Waals surface area contributed by atoms with Crippen molar-refractivity contribution in [2.24, 2.45) is 0 Å². The first-order valence-corrected chi connectivity index (χ1v) is 8.10. The molecule has 112 valence electrons. The predicted octanol–water partition coefficient (Wildman–Crippen LogP) is 1.63. The van der Waals surface area contributed by atoms with Crippen molar-refractivity contribution in [3.05, 3.63) is 33.6 Å². The Labute approximate surface area is 129 Å². The lowest BCUT2D eigenvalue weighted by molar-refractivity contribution is -0.0715. The second-order valence-electron chi connectivity index (χ2n) is 5.99. The summed E-state index contributed by atoms with van der Waals surface area (Å²) in [6.45, 7) is 2.97. The van der Waals surface area contributed by atoms with Crippen molar-refractivity contribution < 1.29 is 5.11 Å². The maximum atomic E-state index is 11.5. The molecule has 5 heterocycles. The molecular weight excluding hydrogens is 300 g/mol. The van der Waals surface area contributed by atoms with Crippen molar-refractivity contribution in [2.75, 3.05) is 11.9 Å². The zero-order valence-corrected chi connectivity index (χ0v) is 12.6. The van der Waals surface area contributed by atoms with Gasteiger partial charge in [0.1, 0.15) is 6.23 Å². The van der Waals surface area contributed by atoms with E-state index in [-0.39, 0.29) is 5.56 Å². The summed E-state index contributed by atoms with van der Waals surface area (Å²) in [6, 6.07) is 4.50. The number of aliphatic hydroxyl groups excluding tert-OH is 1. The molecule has 0 aliphatic carbocycles. The van der Waals surface area contributed by atoms with Crippen LogP contribution in [-0.4, -0.2) is 38.6 Å². The first-order chi connectivity index (χ1) is 10.6. The molecule has 2 aromatic heterocycles. The van der Waals surface area contributed by atoms with Gasteiger partial charge in [-0.1, -0.05) is 0 Å². The van der Waals surface area contributed by atoms with Gasteiger partial charge in [0.05, 0.1) is 33.8 Å². The van der Waals surface area contributed by atoms with Crippen LogP contribution in [0.2, 0.25) is 0 Å². The monoisotopic (exact) mass is 314 g/mol. The molecule has 1 aromatic carbocycles. The Balaban J connectivity index is 1.86. The lowest BCUT2D eigenvalue weighted by Crippen LogP contribution is -2.60. The predicted molar refractivity (Wildman–Crippen MR) is 86.3 cm³/mol. The number of aromatic amines is 1.